The molecule has 94 valence electrons. The maximum absolute atomic E-state index is 11.3. The lowest BCUT2D eigenvalue weighted by Gasteiger charge is -2.50. The smallest absolute Gasteiger partial charge is 0.255 e. The average Bonchev–Trinajstić information content (AvgIpc) is 2.13. The van der Waals surface area contributed by atoms with Gasteiger partial charge in [-0.05, 0) is 13.8 Å². The van der Waals surface area contributed by atoms with Crippen molar-refractivity contribution in [1.82, 2.24) is 0 Å². The van der Waals surface area contributed by atoms with Gasteiger partial charge in [0.2, 0.25) is 5.60 Å². The molecule has 0 spiro atoms. The van der Waals surface area contributed by atoms with Crippen molar-refractivity contribution in [3.8, 4) is 0 Å². The fourth-order valence-electron chi connectivity index (χ4n) is 2.08. The first-order valence-corrected chi connectivity index (χ1v) is 4.77. The number of nitrogens with two attached hydrogens (primary N) is 1. The van der Waals surface area contributed by atoms with Crippen LogP contribution < -0.4 is 5.73 Å². The van der Waals surface area contributed by atoms with Crippen LogP contribution in [0.2, 0.25) is 0 Å². The molecule has 0 saturated carbocycles. The zero-order valence-corrected chi connectivity index (χ0v) is 9.38. The second-order valence-corrected chi connectivity index (χ2v) is 4.36. The van der Waals surface area contributed by atoms with E-state index in [0.29, 0.717) is 0 Å². The van der Waals surface area contributed by atoms with Gasteiger partial charge < -0.3 is 30.5 Å². The summed E-state index contributed by atoms with van der Waals surface area (Å²) < 4.78 is 10.0. The van der Waals surface area contributed by atoms with Crippen molar-refractivity contribution in [2.45, 2.75) is 43.5 Å². The van der Waals surface area contributed by atoms with Gasteiger partial charge in [-0.3, -0.25) is 4.79 Å². The standard InChI is InChI=1S/C9H17NO6/c1-8(2)6(15-3)9(14,7(10)13)4(11)5(12)16-8/h4-6,11-12,14H,1-3H3,(H2,10,13)/t4-,5-,6-,9+/m0/s1. The number of rotatable bonds is 2. The van der Waals surface area contributed by atoms with Crippen LogP contribution in [0.3, 0.4) is 0 Å². The largest absolute Gasteiger partial charge is 0.384 e. The van der Waals surface area contributed by atoms with Crippen molar-refractivity contribution < 1.29 is 29.6 Å². The van der Waals surface area contributed by atoms with E-state index in [4.69, 9.17) is 15.2 Å². The number of ether oxygens (including phenoxy) is 2. The summed E-state index contributed by atoms with van der Waals surface area (Å²) in [5.41, 5.74) is 1.48. The van der Waals surface area contributed by atoms with Crippen LogP contribution in [0.5, 0.6) is 0 Å². The molecule has 5 N–H and O–H groups in total. The molecular formula is C9H17NO6. The maximum Gasteiger partial charge on any atom is 0.255 e. The maximum atomic E-state index is 11.3. The van der Waals surface area contributed by atoms with Crippen LogP contribution in [-0.2, 0) is 14.3 Å². The number of amides is 1. The molecule has 7 heteroatoms. The molecule has 0 aromatic rings. The molecule has 1 aliphatic heterocycles. The Morgan fingerprint density at radius 2 is 1.94 bits per heavy atom. The Balaban J connectivity index is 3.22. The van der Waals surface area contributed by atoms with Crippen molar-refractivity contribution in [2.24, 2.45) is 5.73 Å². The normalized spacial score (nSPS) is 43.0. The van der Waals surface area contributed by atoms with Gasteiger partial charge in [-0.1, -0.05) is 0 Å². The van der Waals surface area contributed by atoms with E-state index in [1.807, 2.05) is 0 Å². The summed E-state index contributed by atoms with van der Waals surface area (Å²) in [4.78, 5) is 11.3. The van der Waals surface area contributed by atoms with Crippen LogP contribution in [0, 0.1) is 0 Å². The highest BCUT2D eigenvalue weighted by Crippen LogP contribution is 2.37. The number of primary amides is 1. The molecule has 1 saturated heterocycles. The van der Waals surface area contributed by atoms with Crippen LogP contribution in [0.25, 0.3) is 0 Å². The van der Waals surface area contributed by atoms with E-state index in [2.05, 4.69) is 0 Å². The van der Waals surface area contributed by atoms with E-state index in [9.17, 15) is 20.1 Å². The Labute approximate surface area is 92.8 Å². The summed E-state index contributed by atoms with van der Waals surface area (Å²) in [6.07, 6.45) is -4.75. The number of methoxy groups -OCH3 is 1. The second-order valence-electron chi connectivity index (χ2n) is 4.36. The highest BCUT2D eigenvalue weighted by Gasteiger charge is 2.62. The van der Waals surface area contributed by atoms with Gasteiger partial charge in [0.15, 0.2) is 6.29 Å². The quantitative estimate of drug-likeness (QED) is 0.427. The minimum atomic E-state index is -2.39. The van der Waals surface area contributed by atoms with E-state index in [-0.39, 0.29) is 0 Å². The summed E-state index contributed by atoms with van der Waals surface area (Å²) in [5, 5.41) is 29.1. The second kappa shape index (κ2) is 3.94. The first-order chi connectivity index (χ1) is 7.17. The minimum Gasteiger partial charge on any atom is -0.384 e. The molecule has 0 aromatic carbocycles. The zero-order chi connectivity index (χ0) is 12.7. The van der Waals surface area contributed by atoms with E-state index >= 15 is 0 Å². The zero-order valence-electron chi connectivity index (χ0n) is 9.38. The lowest BCUT2D eigenvalue weighted by atomic mass is 9.78. The van der Waals surface area contributed by atoms with E-state index in [0.717, 1.165) is 0 Å². The monoisotopic (exact) mass is 235 g/mol. The molecule has 16 heavy (non-hydrogen) atoms. The highest BCUT2D eigenvalue weighted by atomic mass is 16.7. The van der Waals surface area contributed by atoms with Crippen molar-refractivity contribution in [2.75, 3.05) is 7.11 Å². The van der Waals surface area contributed by atoms with Gasteiger partial charge in [0.1, 0.15) is 12.2 Å². The van der Waals surface area contributed by atoms with Crippen molar-refractivity contribution in [3.05, 3.63) is 0 Å². The Morgan fingerprint density at radius 1 is 1.44 bits per heavy atom. The lowest BCUT2D eigenvalue weighted by Crippen LogP contribution is -2.74. The average molecular weight is 235 g/mol. The number of aliphatic hydroxyl groups is 3. The van der Waals surface area contributed by atoms with Gasteiger partial charge in [-0.2, -0.15) is 0 Å². The van der Waals surface area contributed by atoms with Crippen molar-refractivity contribution in [1.29, 1.82) is 0 Å². The van der Waals surface area contributed by atoms with Crippen LogP contribution in [0.15, 0.2) is 0 Å². The molecule has 1 heterocycles. The summed E-state index contributed by atoms with van der Waals surface area (Å²) in [7, 11) is 1.24. The van der Waals surface area contributed by atoms with Gasteiger partial charge in [-0.15, -0.1) is 0 Å². The summed E-state index contributed by atoms with van der Waals surface area (Å²) in [6.45, 7) is 3.01. The first kappa shape index (κ1) is 13.3. The highest BCUT2D eigenvalue weighted by molar-refractivity contribution is 5.85. The molecule has 1 fully saturated rings. The van der Waals surface area contributed by atoms with Crippen LogP contribution in [-0.4, -0.2) is 58.0 Å². The van der Waals surface area contributed by atoms with E-state index in [1.165, 1.54) is 21.0 Å². The van der Waals surface area contributed by atoms with Crippen molar-refractivity contribution >= 4 is 5.91 Å². The predicted octanol–water partition coefficient (Wildman–Crippen LogP) is -2.29. The predicted molar refractivity (Wildman–Crippen MR) is 52.1 cm³/mol. The Bertz CT molecular complexity index is 294. The number of carbonyl (C=O) groups is 1. The van der Waals surface area contributed by atoms with Gasteiger partial charge in [0.25, 0.3) is 5.91 Å². The molecule has 0 aromatic heterocycles. The third-order valence-electron chi connectivity index (χ3n) is 2.81. The Kier molecular flexibility index (Phi) is 3.28. The molecule has 0 aliphatic carbocycles. The Hall–Kier alpha value is -0.730. The molecule has 1 rings (SSSR count). The molecule has 7 nitrogen and oxygen atoms in total. The molecular weight excluding hydrogens is 218 g/mol. The van der Waals surface area contributed by atoms with Gasteiger partial charge in [0.05, 0.1) is 5.60 Å². The molecule has 0 unspecified atom stereocenters. The van der Waals surface area contributed by atoms with Gasteiger partial charge >= 0.3 is 0 Å². The molecule has 1 aliphatic rings. The molecule has 0 bridgehead atoms. The SMILES string of the molecule is CO[C@H]1C(C)(C)O[C@H](O)[C@H](O)[C@]1(O)C(N)=O. The Morgan fingerprint density at radius 3 is 2.31 bits per heavy atom. The van der Waals surface area contributed by atoms with Crippen molar-refractivity contribution in [3.63, 3.8) is 0 Å². The third-order valence-corrected chi connectivity index (χ3v) is 2.81. The summed E-state index contributed by atoms with van der Waals surface area (Å²) >= 11 is 0. The lowest BCUT2D eigenvalue weighted by molar-refractivity contribution is -0.336. The number of aliphatic hydroxyl groups excluding tert-OH is 2. The molecule has 1 amide bonds. The minimum absolute atomic E-state index is 1.17. The van der Waals surface area contributed by atoms with E-state index in [1.54, 1.807) is 0 Å². The van der Waals surface area contributed by atoms with Gasteiger partial charge in [-0.25, -0.2) is 0 Å². The third kappa shape index (κ3) is 1.70. The number of hydrogen-bond donors (Lipinski definition) is 4. The fourth-order valence-corrected chi connectivity index (χ4v) is 2.08. The molecule has 4 atom stereocenters. The van der Waals surface area contributed by atoms with E-state index < -0.39 is 35.6 Å². The summed E-state index contributed by atoms with van der Waals surface area (Å²) in [5.74, 6) is -1.18. The fraction of sp³-hybridized carbons (Fsp3) is 0.889. The van der Waals surface area contributed by atoms with Crippen LogP contribution in [0.4, 0.5) is 0 Å². The van der Waals surface area contributed by atoms with Crippen LogP contribution in [0.1, 0.15) is 13.8 Å². The topological polar surface area (TPSA) is 122 Å². The summed E-state index contributed by atoms with van der Waals surface area (Å²) in [6, 6.07) is 0. The number of hydrogen-bond acceptors (Lipinski definition) is 6. The first-order valence-electron chi connectivity index (χ1n) is 4.77. The van der Waals surface area contributed by atoms with Crippen LogP contribution >= 0.6 is 0 Å². The molecule has 0 radical (unpaired) electrons. The number of carbonyl (C=O) groups excluding carboxylic acids is 1. The van der Waals surface area contributed by atoms with Gasteiger partial charge in [0, 0.05) is 7.11 Å².